The van der Waals surface area contributed by atoms with E-state index in [2.05, 4.69) is 5.32 Å². The Morgan fingerprint density at radius 1 is 0.913 bits per heavy atom. The fourth-order valence-corrected chi connectivity index (χ4v) is 6.96. The molecule has 5 aliphatic rings. The van der Waals surface area contributed by atoms with Crippen molar-refractivity contribution in [2.75, 3.05) is 6.54 Å². The molecule has 0 aromatic rings. The lowest BCUT2D eigenvalue weighted by Gasteiger charge is -2.57. The lowest BCUT2D eigenvalue weighted by Crippen LogP contribution is -2.47. The zero-order valence-corrected chi connectivity index (χ0v) is 14.8. The van der Waals surface area contributed by atoms with Crippen molar-refractivity contribution in [3.63, 3.8) is 0 Å². The standard InChI is InChI=1S/C21H35NO/c23-20(7-6-16-4-2-1-3-5-16)22-9-8-21-13-17-10-18(14-21)12-19(11-17)15-21/h16-19H,1-15H2,(H,22,23). The van der Waals surface area contributed by atoms with Crippen LogP contribution in [0.2, 0.25) is 0 Å². The monoisotopic (exact) mass is 317 g/mol. The minimum absolute atomic E-state index is 0.320. The topological polar surface area (TPSA) is 29.1 Å². The molecule has 0 unspecified atom stereocenters. The molecular formula is C21H35NO. The molecular weight excluding hydrogens is 282 g/mol. The van der Waals surface area contributed by atoms with Crippen molar-refractivity contribution in [2.24, 2.45) is 29.1 Å². The molecule has 0 atom stereocenters. The molecule has 5 rings (SSSR count). The van der Waals surface area contributed by atoms with Gasteiger partial charge in [-0.15, -0.1) is 0 Å². The number of carbonyl (C=O) groups is 1. The maximum absolute atomic E-state index is 12.2. The molecule has 0 aromatic heterocycles. The van der Waals surface area contributed by atoms with Crippen LogP contribution in [0.25, 0.3) is 0 Å². The zero-order chi connectivity index (χ0) is 15.7. The summed E-state index contributed by atoms with van der Waals surface area (Å²) in [5, 5.41) is 3.26. The fraction of sp³-hybridized carbons (Fsp3) is 0.952. The summed E-state index contributed by atoms with van der Waals surface area (Å²) in [6.07, 6.45) is 19.0. The number of hydrogen-bond donors (Lipinski definition) is 1. The zero-order valence-electron chi connectivity index (χ0n) is 14.8. The predicted octanol–water partition coefficient (Wildman–Crippen LogP) is 5.07. The smallest absolute Gasteiger partial charge is 0.220 e. The van der Waals surface area contributed by atoms with Gasteiger partial charge in [-0.1, -0.05) is 32.1 Å². The first-order chi connectivity index (χ1) is 11.2. The molecule has 0 aliphatic heterocycles. The van der Waals surface area contributed by atoms with Gasteiger partial charge in [0.15, 0.2) is 0 Å². The maximum atomic E-state index is 12.2. The van der Waals surface area contributed by atoms with Gasteiger partial charge in [0.2, 0.25) is 5.91 Å². The first-order valence-corrected chi connectivity index (χ1v) is 10.5. The van der Waals surface area contributed by atoms with Crippen molar-refractivity contribution in [3.05, 3.63) is 0 Å². The molecule has 5 fully saturated rings. The van der Waals surface area contributed by atoms with Crippen LogP contribution in [-0.4, -0.2) is 12.5 Å². The Kier molecular flexibility index (Phi) is 4.70. The predicted molar refractivity (Wildman–Crippen MR) is 94.0 cm³/mol. The van der Waals surface area contributed by atoms with Gasteiger partial charge in [0.1, 0.15) is 0 Å². The molecule has 2 nitrogen and oxygen atoms in total. The number of nitrogens with one attached hydrogen (secondary N) is 1. The van der Waals surface area contributed by atoms with Gasteiger partial charge in [-0.25, -0.2) is 0 Å². The van der Waals surface area contributed by atoms with Crippen molar-refractivity contribution >= 4 is 5.91 Å². The fourth-order valence-electron chi connectivity index (χ4n) is 6.96. The van der Waals surface area contributed by atoms with Crippen LogP contribution < -0.4 is 5.32 Å². The van der Waals surface area contributed by atoms with E-state index in [1.54, 1.807) is 0 Å². The van der Waals surface area contributed by atoms with E-state index in [0.29, 0.717) is 11.3 Å². The lowest BCUT2D eigenvalue weighted by molar-refractivity contribution is -0.121. The summed E-state index contributed by atoms with van der Waals surface area (Å²) in [7, 11) is 0. The summed E-state index contributed by atoms with van der Waals surface area (Å²) in [6.45, 7) is 0.940. The van der Waals surface area contributed by atoms with Gasteiger partial charge < -0.3 is 5.32 Å². The summed E-state index contributed by atoms with van der Waals surface area (Å²) >= 11 is 0. The molecule has 5 saturated carbocycles. The van der Waals surface area contributed by atoms with Gasteiger partial charge in [-0.3, -0.25) is 4.79 Å². The number of amides is 1. The number of carbonyl (C=O) groups excluding carboxylic acids is 1. The molecule has 130 valence electrons. The second-order valence-corrected chi connectivity index (χ2v) is 9.56. The number of rotatable bonds is 6. The van der Waals surface area contributed by atoms with Crippen molar-refractivity contribution in [2.45, 2.75) is 89.9 Å². The molecule has 1 amide bonds. The van der Waals surface area contributed by atoms with Crippen LogP contribution in [0, 0.1) is 29.1 Å². The quantitative estimate of drug-likeness (QED) is 0.728. The SMILES string of the molecule is O=C(CCC1CCCCC1)NCCC12CC3CC(CC(C3)C1)C2. The van der Waals surface area contributed by atoms with Crippen LogP contribution in [0.3, 0.4) is 0 Å². The van der Waals surface area contributed by atoms with E-state index >= 15 is 0 Å². The minimum Gasteiger partial charge on any atom is -0.356 e. The van der Waals surface area contributed by atoms with Crippen LogP contribution in [0.4, 0.5) is 0 Å². The summed E-state index contributed by atoms with van der Waals surface area (Å²) in [5.74, 6) is 4.24. The third-order valence-corrected chi connectivity index (χ3v) is 7.65. The first-order valence-electron chi connectivity index (χ1n) is 10.5. The largest absolute Gasteiger partial charge is 0.356 e. The van der Waals surface area contributed by atoms with Crippen molar-refractivity contribution < 1.29 is 4.79 Å². The molecule has 4 bridgehead atoms. The molecule has 0 spiro atoms. The van der Waals surface area contributed by atoms with Crippen molar-refractivity contribution in [1.29, 1.82) is 0 Å². The van der Waals surface area contributed by atoms with Crippen LogP contribution in [-0.2, 0) is 4.79 Å². The Morgan fingerprint density at radius 3 is 2.13 bits per heavy atom. The highest BCUT2D eigenvalue weighted by molar-refractivity contribution is 5.75. The molecule has 0 radical (unpaired) electrons. The van der Waals surface area contributed by atoms with Crippen LogP contribution >= 0.6 is 0 Å². The third kappa shape index (κ3) is 3.77. The van der Waals surface area contributed by atoms with E-state index in [9.17, 15) is 4.79 Å². The molecule has 5 aliphatic carbocycles. The van der Waals surface area contributed by atoms with Gasteiger partial charge in [0, 0.05) is 13.0 Å². The minimum atomic E-state index is 0.320. The van der Waals surface area contributed by atoms with Crippen molar-refractivity contribution in [3.8, 4) is 0 Å². The van der Waals surface area contributed by atoms with Crippen LogP contribution in [0.5, 0.6) is 0 Å². The van der Waals surface area contributed by atoms with Gasteiger partial charge in [0.25, 0.3) is 0 Å². The van der Waals surface area contributed by atoms with E-state index in [-0.39, 0.29) is 0 Å². The maximum Gasteiger partial charge on any atom is 0.220 e. The average Bonchev–Trinajstić information content (AvgIpc) is 2.52. The normalized spacial score (nSPS) is 39.6. The van der Waals surface area contributed by atoms with Gasteiger partial charge in [-0.2, -0.15) is 0 Å². The van der Waals surface area contributed by atoms with Crippen LogP contribution in [0.15, 0.2) is 0 Å². The molecule has 23 heavy (non-hydrogen) atoms. The third-order valence-electron chi connectivity index (χ3n) is 7.65. The van der Waals surface area contributed by atoms with Gasteiger partial charge in [-0.05, 0) is 80.5 Å². The van der Waals surface area contributed by atoms with Gasteiger partial charge >= 0.3 is 0 Å². The number of hydrogen-bond acceptors (Lipinski definition) is 1. The first kappa shape index (κ1) is 16.0. The van der Waals surface area contributed by atoms with E-state index in [1.807, 2.05) is 0 Å². The highest BCUT2D eigenvalue weighted by Gasteiger charge is 2.50. The second kappa shape index (κ2) is 6.76. The van der Waals surface area contributed by atoms with Gasteiger partial charge in [0.05, 0.1) is 0 Å². The van der Waals surface area contributed by atoms with Crippen molar-refractivity contribution in [1.82, 2.24) is 5.32 Å². The van der Waals surface area contributed by atoms with E-state index in [0.717, 1.165) is 43.1 Å². The lowest BCUT2D eigenvalue weighted by atomic mass is 9.49. The highest BCUT2D eigenvalue weighted by atomic mass is 16.1. The average molecular weight is 318 g/mol. The highest BCUT2D eigenvalue weighted by Crippen LogP contribution is 2.61. The Labute approximate surface area is 142 Å². The molecule has 0 aromatic carbocycles. The Morgan fingerprint density at radius 2 is 1.52 bits per heavy atom. The second-order valence-electron chi connectivity index (χ2n) is 9.56. The Hall–Kier alpha value is -0.530. The summed E-state index contributed by atoms with van der Waals surface area (Å²) in [6, 6.07) is 0. The Bertz CT molecular complexity index is 388. The molecule has 2 heteroatoms. The van der Waals surface area contributed by atoms with E-state index in [4.69, 9.17) is 0 Å². The van der Waals surface area contributed by atoms with E-state index in [1.165, 1.54) is 77.0 Å². The Balaban J connectivity index is 1.17. The molecule has 1 N–H and O–H groups in total. The summed E-state index contributed by atoms with van der Waals surface area (Å²) < 4.78 is 0. The van der Waals surface area contributed by atoms with Crippen LogP contribution in [0.1, 0.15) is 89.9 Å². The summed E-state index contributed by atoms with van der Waals surface area (Å²) in [5.41, 5.74) is 0.616. The van der Waals surface area contributed by atoms with E-state index < -0.39 is 0 Å². The summed E-state index contributed by atoms with van der Waals surface area (Å²) in [4.78, 5) is 12.2. The molecule has 0 heterocycles. The molecule has 0 saturated heterocycles.